The van der Waals surface area contributed by atoms with Crippen molar-refractivity contribution in [1.82, 2.24) is 4.90 Å². The summed E-state index contributed by atoms with van der Waals surface area (Å²) in [6.45, 7) is 1.10. The van der Waals surface area contributed by atoms with Crippen molar-refractivity contribution < 1.29 is 4.74 Å². The van der Waals surface area contributed by atoms with Gasteiger partial charge in [-0.3, -0.25) is 4.90 Å². The molecule has 0 spiro atoms. The van der Waals surface area contributed by atoms with E-state index in [1.807, 2.05) is 0 Å². The molecule has 0 saturated carbocycles. The maximum absolute atomic E-state index is 6.42. The van der Waals surface area contributed by atoms with Gasteiger partial charge in [0.1, 0.15) is 5.75 Å². The number of hydrogen-bond donors (Lipinski definition) is 0. The van der Waals surface area contributed by atoms with E-state index in [9.17, 15) is 0 Å². The van der Waals surface area contributed by atoms with Gasteiger partial charge in [0, 0.05) is 12.1 Å². The van der Waals surface area contributed by atoms with Crippen molar-refractivity contribution in [2.45, 2.75) is 31.5 Å². The van der Waals surface area contributed by atoms with E-state index in [1.165, 1.54) is 34.7 Å². The van der Waals surface area contributed by atoms with E-state index in [-0.39, 0.29) is 12.3 Å². The quantitative estimate of drug-likeness (QED) is 0.617. The van der Waals surface area contributed by atoms with Crippen LogP contribution >= 0.6 is 0 Å². The van der Waals surface area contributed by atoms with Crippen molar-refractivity contribution in [3.63, 3.8) is 0 Å². The Morgan fingerprint density at radius 1 is 0.833 bits per heavy atom. The predicted octanol–water partition coefficient (Wildman–Crippen LogP) is 5.13. The van der Waals surface area contributed by atoms with E-state index in [0.29, 0.717) is 0 Å². The molecule has 2 aliphatic heterocycles. The second kappa shape index (κ2) is 5.64. The molecule has 24 heavy (non-hydrogen) atoms. The number of benzene rings is 3. The molecule has 2 atom stereocenters. The zero-order chi connectivity index (χ0) is 15.9. The summed E-state index contributed by atoms with van der Waals surface area (Å²) in [6, 6.07) is 24.2. The molecular weight excluding hydrogens is 294 g/mol. The number of piperidine rings is 1. The standard InChI is InChI=1S/C22H21NO/c1-2-9-17(10-3-1)22-21-18-11-5-4-8-16(18)13-14-19(21)24-20-12-6-7-15-23(20)22/h1-5,8-11,13-14,20,22H,6-7,12,15H2/t20-,22+/m1/s1. The van der Waals surface area contributed by atoms with Gasteiger partial charge in [-0.15, -0.1) is 0 Å². The average Bonchev–Trinajstić information content (AvgIpc) is 2.66. The Morgan fingerprint density at radius 3 is 2.58 bits per heavy atom. The summed E-state index contributed by atoms with van der Waals surface area (Å²) in [6.07, 6.45) is 3.84. The average molecular weight is 315 g/mol. The zero-order valence-electron chi connectivity index (χ0n) is 13.7. The van der Waals surface area contributed by atoms with Crippen LogP contribution in [0.2, 0.25) is 0 Å². The van der Waals surface area contributed by atoms with Gasteiger partial charge in [-0.25, -0.2) is 0 Å². The van der Waals surface area contributed by atoms with Gasteiger partial charge in [0.15, 0.2) is 6.23 Å². The van der Waals surface area contributed by atoms with Gasteiger partial charge in [0.05, 0.1) is 6.04 Å². The lowest BCUT2D eigenvalue weighted by Crippen LogP contribution is -2.48. The van der Waals surface area contributed by atoms with Gasteiger partial charge in [0.2, 0.25) is 0 Å². The van der Waals surface area contributed by atoms with Crippen LogP contribution in [0.3, 0.4) is 0 Å². The number of hydrogen-bond acceptors (Lipinski definition) is 2. The largest absolute Gasteiger partial charge is 0.475 e. The fourth-order valence-corrected chi connectivity index (χ4v) is 4.31. The first-order valence-electron chi connectivity index (χ1n) is 8.91. The van der Waals surface area contributed by atoms with Crippen LogP contribution in [0.4, 0.5) is 0 Å². The summed E-state index contributed by atoms with van der Waals surface area (Å²) >= 11 is 0. The molecule has 2 heteroatoms. The molecule has 0 amide bonds. The highest BCUT2D eigenvalue weighted by molar-refractivity contribution is 5.89. The molecule has 0 N–H and O–H groups in total. The minimum atomic E-state index is 0.206. The van der Waals surface area contributed by atoms with Gasteiger partial charge in [-0.1, -0.05) is 60.7 Å². The van der Waals surface area contributed by atoms with Crippen LogP contribution in [0.5, 0.6) is 5.75 Å². The van der Waals surface area contributed by atoms with Crippen LogP contribution in [0.1, 0.15) is 36.4 Å². The summed E-state index contributed by atoms with van der Waals surface area (Å²) in [5.41, 5.74) is 2.70. The van der Waals surface area contributed by atoms with Gasteiger partial charge in [0.25, 0.3) is 0 Å². The highest BCUT2D eigenvalue weighted by Gasteiger charge is 2.38. The highest BCUT2D eigenvalue weighted by Crippen LogP contribution is 2.46. The normalized spacial score (nSPS) is 23.3. The molecule has 1 saturated heterocycles. The van der Waals surface area contributed by atoms with Crippen LogP contribution in [-0.2, 0) is 0 Å². The third-order valence-corrected chi connectivity index (χ3v) is 5.40. The number of fused-ring (bicyclic) bond motifs is 4. The number of rotatable bonds is 1. The molecule has 3 aromatic rings. The smallest absolute Gasteiger partial charge is 0.153 e. The molecule has 120 valence electrons. The number of nitrogens with zero attached hydrogens (tertiary/aromatic N) is 1. The zero-order valence-corrected chi connectivity index (χ0v) is 13.7. The summed E-state index contributed by atoms with van der Waals surface area (Å²) in [5, 5.41) is 2.60. The van der Waals surface area contributed by atoms with Gasteiger partial charge < -0.3 is 4.74 Å². The molecule has 2 heterocycles. The van der Waals surface area contributed by atoms with Crippen molar-refractivity contribution in [3.8, 4) is 5.75 Å². The molecule has 0 aliphatic carbocycles. The third-order valence-electron chi connectivity index (χ3n) is 5.40. The van der Waals surface area contributed by atoms with Crippen molar-refractivity contribution >= 4 is 10.8 Å². The topological polar surface area (TPSA) is 12.5 Å². The maximum atomic E-state index is 6.42. The van der Waals surface area contributed by atoms with E-state index in [0.717, 1.165) is 18.7 Å². The molecule has 0 unspecified atom stereocenters. The van der Waals surface area contributed by atoms with Crippen LogP contribution in [0, 0.1) is 0 Å². The minimum absolute atomic E-state index is 0.206. The first-order valence-corrected chi connectivity index (χ1v) is 8.91. The molecule has 0 aromatic heterocycles. The molecular formula is C22H21NO. The first-order chi connectivity index (χ1) is 11.9. The first kappa shape index (κ1) is 14.1. The summed E-state index contributed by atoms with van der Waals surface area (Å²) in [4.78, 5) is 2.56. The Morgan fingerprint density at radius 2 is 1.67 bits per heavy atom. The maximum Gasteiger partial charge on any atom is 0.153 e. The monoisotopic (exact) mass is 315 g/mol. The molecule has 2 aliphatic rings. The van der Waals surface area contributed by atoms with E-state index in [2.05, 4.69) is 71.6 Å². The molecule has 5 rings (SSSR count). The van der Waals surface area contributed by atoms with Crippen molar-refractivity contribution in [2.75, 3.05) is 6.54 Å². The Kier molecular flexibility index (Phi) is 3.30. The van der Waals surface area contributed by atoms with Gasteiger partial charge in [-0.05, 0) is 41.7 Å². The lowest BCUT2D eigenvalue weighted by molar-refractivity contribution is -0.0413. The molecule has 2 nitrogen and oxygen atoms in total. The van der Waals surface area contributed by atoms with E-state index < -0.39 is 0 Å². The van der Waals surface area contributed by atoms with Crippen LogP contribution in [0.15, 0.2) is 66.7 Å². The molecule has 3 aromatic carbocycles. The van der Waals surface area contributed by atoms with Gasteiger partial charge in [-0.2, -0.15) is 0 Å². The van der Waals surface area contributed by atoms with Crippen LogP contribution in [-0.4, -0.2) is 17.7 Å². The van der Waals surface area contributed by atoms with Crippen LogP contribution < -0.4 is 4.74 Å². The Labute approximate surface area is 142 Å². The fraction of sp³-hybridized carbons (Fsp3) is 0.273. The lowest BCUT2D eigenvalue weighted by Gasteiger charge is -2.46. The second-order valence-electron chi connectivity index (χ2n) is 6.82. The summed E-state index contributed by atoms with van der Waals surface area (Å²) in [7, 11) is 0. The predicted molar refractivity (Wildman–Crippen MR) is 97.2 cm³/mol. The van der Waals surface area contributed by atoms with E-state index >= 15 is 0 Å². The van der Waals surface area contributed by atoms with Crippen molar-refractivity contribution in [2.24, 2.45) is 0 Å². The number of ether oxygens (including phenoxy) is 1. The lowest BCUT2D eigenvalue weighted by atomic mass is 9.88. The van der Waals surface area contributed by atoms with Gasteiger partial charge >= 0.3 is 0 Å². The van der Waals surface area contributed by atoms with Crippen LogP contribution in [0.25, 0.3) is 10.8 Å². The highest BCUT2D eigenvalue weighted by atomic mass is 16.5. The Hall–Kier alpha value is -2.32. The summed E-state index contributed by atoms with van der Waals surface area (Å²) in [5.74, 6) is 1.06. The van der Waals surface area contributed by atoms with E-state index in [4.69, 9.17) is 4.74 Å². The van der Waals surface area contributed by atoms with E-state index in [1.54, 1.807) is 0 Å². The Balaban J connectivity index is 1.78. The molecule has 0 bridgehead atoms. The molecule has 0 radical (unpaired) electrons. The fourth-order valence-electron chi connectivity index (χ4n) is 4.31. The minimum Gasteiger partial charge on any atom is -0.475 e. The summed E-state index contributed by atoms with van der Waals surface area (Å²) < 4.78 is 6.42. The molecule has 1 fully saturated rings. The second-order valence-corrected chi connectivity index (χ2v) is 6.82. The third kappa shape index (κ3) is 2.14. The SMILES string of the molecule is c1ccc([C@H]2c3c(ccc4ccccc34)O[C@@H]3CCCCN23)cc1. The van der Waals surface area contributed by atoms with Crippen molar-refractivity contribution in [3.05, 3.63) is 77.9 Å². The van der Waals surface area contributed by atoms with Crippen molar-refractivity contribution in [1.29, 1.82) is 0 Å². The Bertz CT molecular complexity index is 874.